The minimum absolute atomic E-state index is 0.00111. The Morgan fingerprint density at radius 3 is 2.45 bits per heavy atom. The molecule has 164 valence electrons. The predicted molar refractivity (Wildman–Crippen MR) is 109 cm³/mol. The van der Waals surface area contributed by atoms with Crippen LogP contribution in [0.2, 0.25) is 5.02 Å². The van der Waals surface area contributed by atoms with E-state index in [-0.39, 0.29) is 12.2 Å². The van der Waals surface area contributed by atoms with Gasteiger partial charge in [0.15, 0.2) is 17.2 Å². The third kappa shape index (κ3) is 5.02. The van der Waals surface area contributed by atoms with E-state index in [1.165, 1.54) is 38.5 Å². The number of hydrogen-bond acceptors (Lipinski definition) is 4. The van der Waals surface area contributed by atoms with Gasteiger partial charge in [0.2, 0.25) is 0 Å². The number of methoxy groups -OCH3 is 2. The van der Waals surface area contributed by atoms with Crippen molar-refractivity contribution in [3.8, 4) is 17.2 Å². The predicted octanol–water partition coefficient (Wildman–Crippen LogP) is 4.88. The van der Waals surface area contributed by atoms with Crippen LogP contribution in [0.5, 0.6) is 11.5 Å². The smallest absolute Gasteiger partial charge is 0.435 e. The normalized spacial score (nSPS) is 11.2. The number of nitrogens with zero attached hydrogens (tertiary/aromatic N) is 2. The average Bonchev–Trinajstić information content (AvgIpc) is 3.16. The Morgan fingerprint density at radius 1 is 1.13 bits per heavy atom. The third-order valence-corrected chi connectivity index (χ3v) is 4.53. The maximum Gasteiger partial charge on any atom is 0.435 e. The number of carbonyl (C=O) groups is 1. The highest BCUT2D eigenvalue weighted by atomic mass is 35.5. The summed E-state index contributed by atoms with van der Waals surface area (Å²) >= 11 is 5.79. The maximum absolute atomic E-state index is 13.7. The molecule has 0 aliphatic heterocycles. The van der Waals surface area contributed by atoms with Crippen molar-refractivity contribution in [2.75, 3.05) is 19.5 Å². The zero-order chi connectivity index (χ0) is 22.6. The van der Waals surface area contributed by atoms with E-state index in [1.807, 2.05) is 0 Å². The van der Waals surface area contributed by atoms with Crippen LogP contribution >= 0.6 is 11.6 Å². The van der Waals surface area contributed by atoms with Crippen LogP contribution in [0.15, 0.2) is 48.7 Å². The van der Waals surface area contributed by atoms with Crippen molar-refractivity contribution in [1.29, 1.82) is 0 Å². The molecule has 0 unspecified atom stereocenters. The van der Waals surface area contributed by atoms with Gasteiger partial charge in [0, 0.05) is 17.1 Å². The quantitative estimate of drug-likeness (QED) is 0.556. The van der Waals surface area contributed by atoms with Gasteiger partial charge in [0.1, 0.15) is 0 Å². The number of amides is 2. The first-order chi connectivity index (χ1) is 14.7. The highest BCUT2D eigenvalue weighted by Gasteiger charge is 2.39. The molecule has 2 N–H and O–H groups in total. The SMILES string of the molecule is COc1cccc(CNC(=O)Nc2cnn(-c3ccc(Cl)cc3)c2C(F)(F)F)c1OC. The Kier molecular flexibility index (Phi) is 6.59. The molecule has 1 heterocycles. The van der Waals surface area contributed by atoms with Crippen molar-refractivity contribution in [2.45, 2.75) is 12.7 Å². The Balaban J connectivity index is 1.80. The van der Waals surface area contributed by atoms with Gasteiger partial charge < -0.3 is 20.1 Å². The van der Waals surface area contributed by atoms with Crippen molar-refractivity contribution in [3.05, 3.63) is 64.9 Å². The number of anilines is 1. The highest BCUT2D eigenvalue weighted by molar-refractivity contribution is 6.30. The number of rotatable bonds is 6. The topological polar surface area (TPSA) is 77.4 Å². The van der Waals surface area contributed by atoms with E-state index in [0.717, 1.165) is 6.20 Å². The lowest BCUT2D eigenvalue weighted by Gasteiger charge is -2.15. The van der Waals surface area contributed by atoms with Crippen LogP contribution in [-0.4, -0.2) is 30.0 Å². The molecular formula is C20H18ClF3N4O3. The number of para-hydroxylation sites is 1. The minimum atomic E-state index is -4.77. The fourth-order valence-electron chi connectivity index (χ4n) is 2.93. The molecule has 31 heavy (non-hydrogen) atoms. The number of hydrogen-bond donors (Lipinski definition) is 2. The zero-order valence-corrected chi connectivity index (χ0v) is 17.2. The lowest BCUT2D eigenvalue weighted by Crippen LogP contribution is -2.29. The molecule has 0 saturated heterocycles. The van der Waals surface area contributed by atoms with E-state index in [4.69, 9.17) is 21.1 Å². The molecule has 2 aromatic carbocycles. The molecular weight excluding hydrogens is 437 g/mol. The van der Waals surface area contributed by atoms with Crippen LogP contribution in [-0.2, 0) is 12.7 Å². The molecule has 0 bridgehead atoms. The number of ether oxygens (including phenoxy) is 2. The van der Waals surface area contributed by atoms with E-state index >= 15 is 0 Å². The lowest BCUT2D eigenvalue weighted by atomic mass is 10.2. The fraction of sp³-hybridized carbons (Fsp3) is 0.200. The molecule has 1 aromatic heterocycles. The van der Waals surface area contributed by atoms with Crippen molar-refractivity contribution in [1.82, 2.24) is 15.1 Å². The second kappa shape index (κ2) is 9.17. The first kappa shape index (κ1) is 22.3. The number of carbonyl (C=O) groups excluding carboxylic acids is 1. The van der Waals surface area contributed by atoms with E-state index in [2.05, 4.69) is 15.7 Å². The number of halogens is 4. The van der Waals surface area contributed by atoms with Crippen LogP contribution in [0.25, 0.3) is 5.69 Å². The van der Waals surface area contributed by atoms with Gasteiger partial charge in [-0.15, -0.1) is 0 Å². The summed E-state index contributed by atoms with van der Waals surface area (Å²) in [5.41, 5.74) is -0.877. The third-order valence-electron chi connectivity index (χ3n) is 4.28. The van der Waals surface area contributed by atoms with Crippen LogP contribution < -0.4 is 20.1 Å². The molecule has 0 saturated carbocycles. The molecule has 3 rings (SSSR count). The fourth-order valence-corrected chi connectivity index (χ4v) is 3.05. The summed E-state index contributed by atoms with van der Waals surface area (Å²) in [5, 5.41) is 8.85. The maximum atomic E-state index is 13.7. The van der Waals surface area contributed by atoms with Gasteiger partial charge in [-0.25, -0.2) is 9.48 Å². The first-order valence-corrected chi connectivity index (χ1v) is 9.28. The number of aromatic nitrogens is 2. The van der Waals surface area contributed by atoms with Gasteiger partial charge in [-0.1, -0.05) is 23.7 Å². The van der Waals surface area contributed by atoms with Crippen LogP contribution in [0, 0.1) is 0 Å². The molecule has 0 spiro atoms. The Labute approximate surface area is 180 Å². The van der Waals surface area contributed by atoms with Crippen LogP contribution in [0.4, 0.5) is 23.7 Å². The van der Waals surface area contributed by atoms with E-state index in [1.54, 1.807) is 18.2 Å². The summed E-state index contributed by atoms with van der Waals surface area (Å²) in [6.45, 7) is -0.00111. The van der Waals surface area contributed by atoms with Gasteiger partial charge >= 0.3 is 12.2 Å². The van der Waals surface area contributed by atoms with Gasteiger partial charge in [-0.05, 0) is 30.3 Å². The first-order valence-electron chi connectivity index (χ1n) is 8.90. The summed E-state index contributed by atoms with van der Waals surface area (Å²) in [6, 6.07) is 9.91. The van der Waals surface area contributed by atoms with E-state index in [9.17, 15) is 18.0 Å². The molecule has 11 heteroatoms. The zero-order valence-electron chi connectivity index (χ0n) is 16.5. The number of benzene rings is 2. The monoisotopic (exact) mass is 454 g/mol. The Bertz CT molecular complexity index is 1070. The van der Waals surface area contributed by atoms with E-state index < -0.39 is 23.6 Å². The largest absolute Gasteiger partial charge is 0.493 e. The van der Waals surface area contributed by atoms with Gasteiger partial charge in [0.25, 0.3) is 0 Å². The summed E-state index contributed by atoms with van der Waals surface area (Å²) in [5.74, 6) is 0.877. The standard InChI is InChI=1S/C20H18ClF3N4O3/c1-30-16-5-3-4-12(17(16)31-2)10-25-19(29)27-15-11-26-28(18(15)20(22,23)24)14-8-6-13(21)7-9-14/h3-9,11H,10H2,1-2H3,(H2,25,27,29). The van der Waals surface area contributed by atoms with Gasteiger partial charge in [0.05, 0.1) is 31.8 Å². The van der Waals surface area contributed by atoms with Crippen LogP contribution in [0.3, 0.4) is 0 Å². The molecule has 2 amide bonds. The number of nitrogens with one attached hydrogen (secondary N) is 2. The van der Waals surface area contributed by atoms with Crippen molar-refractivity contribution in [2.24, 2.45) is 0 Å². The number of alkyl halides is 3. The van der Waals surface area contributed by atoms with Gasteiger partial charge in [-0.3, -0.25) is 0 Å². The molecule has 7 nitrogen and oxygen atoms in total. The molecule has 0 atom stereocenters. The molecule has 0 radical (unpaired) electrons. The molecule has 0 aliphatic rings. The summed E-state index contributed by atoms with van der Waals surface area (Å²) in [4.78, 5) is 12.3. The molecule has 0 aliphatic carbocycles. The second-order valence-corrected chi connectivity index (χ2v) is 6.69. The van der Waals surface area contributed by atoms with Crippen molar-refractivity contribution in [3.63, 3.8) is 0 Å². The van der Waals surface area contributed by atoms with E-state index in [0.29, 0.717) is 26.8 Å². The Hall–Kier alpha value is -3.40. The van der Waals surface area contributed by atoms with Crippen LogP contribution in [0.1, 0.15) is 11.3 Å². The summed E-state index contributed by atoms with van der Waals surface area (Å²) in [7, 11) is 2.92. The lowest BCUT2D eigenvalue weighted by molar-refractivity contribution is -0.142. The number of urea groups is 1. The Morgan fingerprint density at radius 2 is 1.84 bits per heavy atom. The molecule has 3 aromatic rings. The average molecular weight is 455 g/mol. The summed E-state index contributed by atoms with van der Waals surface area (Å²) < 4.78 is 52.3. The second-order valence-electron chi connectivity index (χ2n) is 6.25. The van der Waals surface area contributed by atoms with Crippen molar-refractivity contribution < 1.29 is 27.4 Å². The summed E-state index contributed by atoms with van der Waals surface area (Å²) in [6.07, 6.45) is -3.84. The minimum Gasteiger partial charge on any atom is -0.493 e. The van der Waals surface area contributed by atoms with Crippen molar-refractivity contribution >= 4 is 23.3 Å². The highest BCUT2D eigenvalue weighted by Crippen LogP contribution is 2.36. The molecule has 0 fully saturated rings. The van der Waals surface area contributed by atoms with Gasteiger partial charge in [-0.2, -0.15) is 18.3 Å².